The lowest BCUT2D eigenvalue weighted by Gasteiger charge is -2.25. The minimum atomic E-state index is -3.20. The summed E-state index contributed by atoms with van der Waals surface area (Å²) in [4.78, 5) is 9.33. The first-order valence-corrected chi connectivity index (χ1v) is 12.3. The zero-order valence-electron chi connectivity index (χ0n) is 18.8. The monoisotopic (exact) mass is 510 g/mol. The normalized spacial score (nSPS) is 16.4. The van der Waals surface area contributed by atoms with Gasteiger partial charge in [-0.05, 0) is 60.6 Å². The Balaban J connectivity index is 1.68. The second-order valence-corrected chi connectivity index (χ2v) is 9.61. The number of ether oxygens (including phenoxy) is 2. The third-order valence-corrected chi connectivity index (χ3v) is 7.41. The molecule has 5 nitrogen and oxygen atoms in total. The Labute approximate surface area is 204 Å². The van der Waals surface area contributed by atoms with Crippen LogP contribution < -0.4 is 9.47 Å². The molecule has 35 heavy (non-hydrogen) atoms. The smallest absolute Gasteiger partial charge is 0.387 e. The standard InChI is InChI=1S/C25H26F4N2O3S/c26-24(27)33-19-7-6-17(13-20(19)34-25(28)29)18(12-15-8-10-30-11-9-15)21-14-31-23(35-21)22(32)16-4-2-1-3-5-16/h6-11,13-14,16,18,22,24-25,32H,1-5,12H2. The van der Waals surface area contributed by atoms with Crippen LogP contribution in [-0.2, 0) is 6.42 Å². The average Bonchev–Trinajstić information content (AvgIpc) is 3.34. The quantitative estimate of drug-likeness (QED) is 0.307. The number of alkyl halides is 4. The molecular formula is C25H26F4N2O3S. The predicted octanol–water partition coefficient (Wildman–Crippen LogP) is 6.73. The van der Waals surface area contributed by atoms with Crippen molar-refractivity contribution in [1.82, 2.24) is 9.97 Å². The number of rotatable bonds is 10. The summed E-state index contributed by atoms with van der Waals surface area (Å²) in [6.45, 7) is -6.39. The van der Waals surface area contributed by atoms with Crippen LogP contribution in [0.15, 0.2) is 48.9 Å². The SMILES string of the molecule is OC(c1ncc(C(Cc2ccncc2)c2ccc(OC(F)F)c(OC(F)F)c2)s1)C1CCCCC1. The summed E-state index contributed by atoms with van der Waals surface area (Å²) in [6.07, 6.45) is 10.1. The van der Waals surface area contributed by atoms with Gasteiger partial charge in [-0.1, -0.05) is 25.3 Å². The maximum Gasteiger partial charge on any atom is 0.387 e. The lowest BCUT2D eigenvalue weighted by atomic mass is 9.85. The molecule has 1 aliphatic carbocycles. The van der Waals surface area contributed by atoms with Crippen LogP contribution in [0.5, 0.6) is 11.5 Å². The number of aliphatic hydroxyl groups is 1. The summed E-state index contributed by atoms with van der Waals surface area (Å²) >= 11 is 1.37. The van der Waals surface area contributed by atoms with Crippen molar-refractivity contribution in [2.75, 3.05) is 0 Å². The van der Waals surface area contributed by atoms with Crippen LogP contribution in [0, 0.1) is 5.92 Å². The average molecular weight is 511 g/mol. The van der Waals surface area contributed by atoms with E-state index in [-0.39, 0.29) is 11.8 Å². The Morgan fingerprint density at radius 3 is 2.31 bits per heavy atom. The number of thiazole rings is 1. The summed E-state index contributed by atoms with van der Waals surface area (Å²) < 4.78 is 60.4. The Bertz CT molecular complexity index is 1080. The van der Waals surface area contributed by atoms with E-state index in [2.05, 4.69) is 19.4 Å². The van der Waals surface area contributed by atoms with Gasteiger partial charge in [-0.2, -0.15) is 17.6 Å². The van der Waals surface area contributed by atoms with Crippen LogP contribution in [0.1, 0.15) is 65.1 Å². The first-order valence-electron chi connectivity index (χ1n) is 11.5. The lowest BCUT2D eigenvalue weighted by Crippen LogP contribution is -2.15. The Morgan fingerprint density at radius 1 is 0.943 bits per heavy atom. The zero-order chi connectivity index (χ0) is 24.8. The van der Waals surface area contributed by atoms with E-state index in [0.717, 1.165) is 36.1 Å². The first kappa shape index (κ1) is 25.4. The summed E-state index contributed by atoms with van der Waals surface area (Å²) in [6, 6.07) is 7.75. The molecule has 2 unspecified atom stereocenters. The van der Waals surface area contributed by atoms with Crippen LogP contribution in [0.2, 0.25) is 0 Å². The molecule has 0 amide bonds. The molecule has 1 fully saturated rings. The third-order valence-electron chi connectivity index (χ3n) is 6.23. The minimum Gasteiger partial charge on any atom is -0.431 e. The second-order valence-electron chi connectivity index (χ2n) is 8.52. The summed E-state index contributed by atoms with van der Waals surface area (Å²) in [7, 11) is 0. The maximum absolute atomic E-state index is 13.0. The van der Waals surface area contributed by atoms with Gasteiger partial charge in [0.05, 0.1) is 0 Å². The molecule has 0 radical (unpaired) electrons. The fraction of sp³-hybridized carbons (Fsp3) is 0.440. The summed E-state index contributed by atoms with van der Waals surface area (Å²) in [5.41, 5.74) is 1.51. The van der Waals surface area contributed by atoms with Gasteiger partial charge in [0.2, 0.25) is 0 Å². The van der Waals surface area contributed by atoms with Crippen LogP contribution in [0.3, 0.4) is 0 Å². The number of pyridine rings is 1. The highest BCUT2D eigenvalue weighted by molar-refractivity contribution is 7.11. The molecular weight excluding hydrogens is 484 g/mol. The van der Waals surface area contributed by atoms with Crippen molar-refractivity contribution in [3.05, 3.63) is 69.9 Å². The topological polar surface area (TPSA) is 64.5 Å². The molecule has 2 heterocycles. The zero-order valence-corrected chi connectivity index (χ0v) is 19.6. The molecule has 188 valence electrons. The molecule has 0 aliphatic heterocycles. The maximum atomic E-state index is 13.0. The van der Waals surface area contributed by atoms with E-state index < -0.39 is 30.8 Å². The van der Waals surface area contributed by atoms with E-state index >= 15 is 0 Å². The third kappa shape index (κ3) is 6.70. The van der Waals surface area contributed by atoms with Crippen molar-refractivity contribution < 1.29 is 32.1 Å². The molecule has 1 saturated carbocycles. The van der Waals surface area contributed by atoms with E-state index in [9.17, 15) is 22.7 Å². The predicted molar refractivity (Wildman–Crippen MR) is 123 cm³/mol. The second kappa shape index (κ2) is 11.8. The van der Waals surface area contributed by atoms with Crippen LogP contribution in [0.4, 0.5) is 17.6 Å². The summed E-state index contributed by atoms with van der Waals surface area (Å²) in [5, 5.41) is 11.5. The molecule has 4 rings (SSSR count). The van der Waals surface area contributed by atoms with Crippen molar-refractivity contribution in [2.45, 2.75) is 63.8 Å². The number of nitrogens with zero attached hydrogens (tertiary/aromatic N) is 2. The van der Waals surface area contributed by atoms with Crippen LogP contribution >= 0.6 is 11.3 Å². The fourth-order valence-corrected chi connectivity index (χ4v) is 5.64. The van der Waals surface area contributed by atoms with Gasteiger partial charge >= 0.3 is 13.2 Å². The van der Waals surface area contributed by atoms with Crippen LogP contribution in [0.25, 0.3) is 0 Å². The van der Waals surface area contributed by atoms with Crippen LogP contribution in [-0.4, -0.2) is 28.3 Å². The molecule has 1 aromatic carbocycles. The molecule has 1 N–H and O–H groups in total. The largest absolute Gasteiger partial charge is 0.431 e. The molecule has 0 spiro atoms. The molecule has 0 bridgehead atoms. The van der Waals surface area contributed by atoms with E-state index in [1.54, 1.807) is 24.7 Å². The highest BCUT2D eigenvalue weighted by atomic mass is 32.1. The molecule has 2 atom stereocenters. The van der Waals surface area contributed by atoms with Gasteiger partial charge in [0, 0.05) is 29.4 Å². The highest BCUT2D eigenvalue weighted by Crippen LogP contribution is 2.41. The molecule has 2 aromatic heterocycles. The van der Waals surface area contributed by atoms with E-state index in [4.69, 9.17) is 0 Å². The van der Waals surface area contributed by atoms with Crippen molar-refractivity contribution in [2.24, 2.45) is 5.92 Å². The van der Waals surface area contributed by atoms with Gasteiger partial charge in [-0.15, -0.1) is 11.3 Å². The molecule has 0 saturated heterocycles. The van der Waals surface area contributed by atoms with E-state index in [1.807, 2.05) is 12.1 Å². The summed E-state index contributed by atoms with van der Waals surface area (Å²) in [5.74, 6) is -1.12. The fourth-order valence-electron chi connectivity index (χ4n) is 4.51. The van der Waals surface area contributed by atoms with Gasteiger partial charge < -0.3 is 14.6 Å². The van der Waals surface area contributed by atoms with Crippen molar-refractivity contribution in [1.29, 1.82) is 0 Å². The van der Waals surface area contributed by atoms with Gasteiger partial charge in [0.15, 0.2) is 11.5 Å². The van der Waals surface area contributed by atoms with Gasteiger partial charge in [0.25, 0.3) is 0 Å². The number of halogens is 4. The van der Waals surface area contributed by atoms with Crippen molar-refractivity contribution in [3.8, 4) is 11.5 Å². The number of benzene rings is 1. The van der Waals surface area contributed by atoms with Gasteiger partial charge in [-0.3, -0.25) is 4.98 Å². The Morgan fingerprint density at radius 2 is 1.63 bits per heavy atom. The van der Waals surface area contributed by atoms with Crippen molar-refractivity contribution in [3.63, 3.8) is 0 Å². The van der Waals surface area contributed by atoms with Gasteiger partial charge in [-0.25, -0.2) is 4.98 Å². The molecule has 1 aliphatic rings. The number of hydrogen-bond donors (Lipinski definition) is 1. The van der Waals surface area contributed by atoms with Gasteiger partial charge in [0.1, 0.15) is 11.1 Å². The molecule has 3 aromatic rings. The van der Waals surface area contributed by atoms with E-state index in [1.165, 1.54) is 29.9 Å². The minimum absolute atomic E-state index is 0.165. The number of aromatic nitrogens is 2. The first-order chi connectivity index (χ1) is 16.9. The number of aliphatic hydroxyl groups excluding tert-OH is 1. The van der Waals surface area contributed by atoms with E-state index in [0.29, 0.717) is 17.0 Å². The lowest BCUT2D eigenvalue weighted by molar-refractivity contribution is -0.0692. The van der Waals surface area contributed by atoms with Crippen molar-refractivity contribution >= 4 is 11.3 Å². The molecule has 10 heteroatoms. The Hall–Kier alpha value is -2.72. The Kier molecular flexibility index (Phi) is 8.56. The highest BCUT2D eigenvalue weighted by Gasteiger charge is 2.28. The number of hydrogen-bond acceptors (Lipinski definition) is 6.